The van der Waals surface area contributed by atoms with E-state index in [1.807, 2.05) is 0 Å². The molecule has 0 spiro atoms. The van der Waals surface area contributed by atoms with E-state index < -0.39 is 6.09 Å². The van der Waals surface area contributed by atoms with Crippen LogP contribution >= 0.6 is 0 Å². The van der Waals surface area contributed by atoms with E-state index in [0.29, 0.717) is 25.5 Å². The van der Waals surface area contributed by atoms with Gasteiger partial charge in [-0.3, -0.25) is 4.90 Å². The maximum absolute atomic E-state index is 10.6. The van der Waals surface area contributed by atoms with Crippen molar-refractivity contribution in [2.24, 2.45) is 0 Å². The molecule has 6 heteroatoms. The van der Waals surface area contributed by atoms with E-state index in [4.69, 9.17) is 5.11 Å². The number of rotatable bonds is 0. The highest BCUT2D eigenvalue weighted by Gasteiger charge is 2.20. The molecule has 1 N–H and O–H groups in total. The molecule has 6 nitrogen and oxygen atoms in total. The molecule has 0 saturated carbocycles. The molecule has 0 fully saturated rings. The molecule has 1 aliphatic heterocycles. The highest BCUT2D eigenvalue weighted by molar-refractivity contribution is 5.64. The van der Waals surface area contributed by atoms with Gasteiger partial charge in [-0.2, -0.15) is 5.10 Å². The second-order valence-electron chi connectivity index (χ2n) is 2.60. The lowest BCUT2D eigenvalue weighted by Crippen LogP contribution is -2.37. The van der Waals surface area contributed by atoms with E-state index in [9.17, 15) is 4.79 Å². The van der Waals surface area contributed by atoms with Crippen LogP contribution in [0.15, 0.2) is 6.33 Å². The Morgan fingerprint density at radius 1 is 1.58 bits per heavy atom. The Hall–Kier alpha value is -1.59. The Bertz CT molecular complexity index is 308. The summed E-state index contributed by atoms with van der Waals surface area (Å²) in [4.78, 5) is 15.8. The van der Waals surface area contributed by atoms with Gasteiger partial charge in [-0.05, 0) is 0 Å². The van der Waals surface area contributed by atoms with E-state index in [2.05, 4.69) is 10.1 Å². The van der Waals surface area contributed by atoms with Gasteiger partial charge < -0.3 is 5.11 Å². The molecule has 0 aliphatic carbocycles. The van der Waals surface area contributed by atoms with Crippen molar-refractivity contribution < 1.29 is 9.90 Å². The van der Waals surface area contributed by atoms with Crippen molar-refractivity contribution in [1.29, 1.82) is 0 Å². The molecule has 0 atom stereocenters. The van der Waals surface area contributed by atoms with Gasteiger partial charge in [-0.25, -0.2) is 14.5 Å². The van der Waals surface area contributed by atoms with E-state index in [0.717, 1.165) is 0 Å². The smallest absolute Gasteiger partial charge is 0.407 e. The van der Waals surface area contributed by atoms with Gasteiger partial charge in [-0.1, -0.05) is 0 Å². The van der Waals surface area contributed by atoms with E-state index >= 15 is 0 Å². The van der Waals surface area contributed by atoms with Crippen LogP contribution in [0.4, 0.5) is 4.79 Å². The zero-order chi connectivity index (χ0) is 8.55. The van der Waals surface area contributed by atoms with Crippen LogP contribution in [0.3, 0.4) is 0 Å². The van der Waals surface area contributed by atoms with Crippen LogP contribution < -0.4 is 0 Å². The summed E-state index contributed by atoms with van der Waals surface area (Å²) in [6.45, 7) is 1.43. The van der Waals surface area contributed by atoms with Gasteiger partial charge in [0.1, 0.15) is 12.2 Å². The molecule has 0 radical (unpaired) electrons. The number of fused-ring (bicyclic) bond motifs is 1. The fourth-order valence-electron chi connectivity index (χ4n) is 1.23. The Morgan fingerprint density at radius 3 is 3.17 bits per heavy atom. The van der Waals surface area contributed by atoms with Gasteiger partial charge in [0.25, 0.3) is 0 Å². The molecule has 2 heterocycles. The average Bonchev–Trinajstić information content (AvgIpc) is 2.49. The topological polar surface area (TPSA) is 71.2 Å². The third kappa shape index (κ3) is 1.01. The second kappa shape index (κ2) is 2.47. The van der Waals surface area contributed by atoms with E-state index in [-0.39, 0.29) is 0 Å². The van der Waals surface area contributed by atoms with Gasteiger partial charge in [0.2, 0.25) is 0 Å². The summed E-state index contributed by atoms with van der Waals surface area (Å²) >= 11 is 0. The molecule has 2 rings (SSSR count). The summed E-state index contributed by atoms with van der Waals surface area (Å²) < 4.78 is 1.72. The summed E-state index contributed by atoms with van der Waals surface area (Å²) in [5.41, 5.74) is 0. The number of carbonyl (C=O) groups is 1. The van der Waals surface area contributed by atoms with Crippen molar-refractivity contribution >= 4 is 6.09 Å². The zero-order valence-corrected chi connectivity index (χ0v) is 6.34. The predicted molar refractivity (Wildman–Crippen MR) is 38.5 cm³/mol. The molecule has 64 valence electrons. The van der Waals surface area contributed by atoms with Crippen molar-refractivity contribution in [3.05, 3.63) is 12.2 Å². The number of carboxylic acid groups (broad SMARTS) is 1. The first-order valence-corrected chi connectivity index (χ1v) is 3.62. The minimum Gasteiger partial charge on any atom is -0.465 e. The molecule has 0 aromatic carbocycles. The molecule has 1 amide bonds. The number of nitrogens with zero attached hydrogens (tertiary/aromatic N) is 4. The van der Waals surface area contributed by atoms with Gasteiger partial charge in [0.15, 0.2) is 0 Å². The lowest BCUT2D eigenvalue weighted by molar-refractivity contribution is 0.130. The third-order valence-corrected chi connectivity index (χ3v) is 1.88. The molecule has 12 heavy (non-hydrogen) atoms. The maximum atomic E-state index is 10.6. The van der Waals surface area contributed by atoms with E-state index in [1.54, 1.807) is 4.68 Å². The van der Waals surface area contributed by atoms with Crippen molar-refractivity contribution in [2.45, 2.75) is 13.1 Å². The summed E-state index contributed by atoms with van der Waals surface area (Å²) in [6, 6.07) is 0. The first-order chi connectivity index (χ1) is 5.77. The highest BCUT2D eigenvalue weighted by atomic mass is 16.4. The first kappa shape index (κ1) is 7.08. The molecule has 0 saturated heterocycles. The number of hydrogen-bond acceptors (Lipinski definition) is 3. The van der Waals surface area contributed by atoms with Gasteiger partial charge in [-0.15, -0.1) is 0 Å². The Morgan fingerprint density at radius 2 is 2.42 bits per heavy atom. The number of hydrogen-bond donors (Lipinski definition) is 1. The predicted octanol–water partition coefficient (Wildman–Crippen LogP) is -0.228. The maximum Gasteiger partial charge on any atom is 0.407 e. The Balaban J connectivity index is 2.20. The average molecular weight is 168 g/mol. The lowest BCUT2D eigenvalue weighted by Gasteiger charge is -2.23. The number of aromatic nitrogens is 3. The molecular weight excluding hydrogens is 160 g/mol. The molecular formula is C6H8N4O2. The fraction of sp³-hybridized carbons (Fsp3) is 0.500. The molecule has 0 bridgehead atoms. The van der Waals surface area contributed by atoms with Gasteiger partial charge in [0.05, 0.1) is 13.1 Å². The van der Waals surface area contributed by atoms with Gasteiger partial charge >= 0.3 is 6.09 Å². The van der Waals surface area contributed by atoms with Crippen molar-refractivity contribution in [2.75, 3.05) is 6.54 Å². The minimum absolute atomic E-state index is 0.343. The second-order valence-corrected chi connectivity index (χ2v) is 2.60. The monoisotopic (exact) mass is 168 g/mol. The van der Waals surface area contributed by atoms with Crippen molar-refractivity contribution in [1.82, 2.24) is 19.7 Å². The van der Waals surface area contributed by atoms with Crippen molar-refractivity contribution in [3.63, 3.8) is 0 Å². The zero-order valence-electron chi connectivity index (χ0n) is 6.34. The Kier molecular flexibility index (Phi) is 1.46. The first-order valence-electron chi connectivity index (χ1n) is 3.62. The molecule has 1 aliphatic rings. The highest BCUT2D eigenvalue weighted by Crippen LogP contribution is 2.07. The quantitative estimate of drug-likeness (QED) is 0.581. The molecule has 1 aromatic rings. The summed E-state index contributed by atoms with van der Waals surface area (Å²) in [5, 5.41) is 12.6. The summed E-state index contributed by atoms with van der Waals surface area (Å²) in [5.74, 6) is 0.712. The van der Waals surface area contributed by atoms with Crippen LogP contribution in [-0.4, -0.2) is 37.4 Å². The SMILES string of the molecule is O=C(O)N1CCn2ncnc2C1. The fourth-order valence-corrected chi connectivity index (χ4v) is 1.23. The minimum atomic E-state index is -0.899. The van der Waals surface area contributed by atoms with Crippen LogP contribution in [0.5, 0.6) is 0 Å². The lowest BCUT2D eigenvalue weighted by atomic mass is 10.4. The van der Waals surface area contributed by atoms with Crippen LogP contribution in [0, 0.1) is 0 Å². The normalized spacial score (nSPS) is 15.8. The van der Waals surface area contributed by atoms with E-state index in [1.165, 1.54) is 11.2 Å². The molecule has 1 aromatic heterocycles. The van der Waals surface area contributed by atoms with Crippen LogP contribution in [-0.2, 0) is 13.1 Å². The van der Waals surface area contributed by atoms with Crippen molar-refractivity contribution in [3.8, 4) is 0 Å². The summed E-state index contributed by atoms with van der Waals surface area (Å²) in [7, 11) is 0. The van der Waals surface area contributed by atoms with Crippen LogP contribution in [0.25, 0.3) is 0 Å². The largest absolute Gasteiger partial charge is 0.465 e. The van der Waals surface area contributed by atoms with Crippen LogP contribution in [0.2, 0.25) is 0 Å². The summed E-state index contributed by atoms with van der Waals surface area (Å²) in [6.07, 6.45) is 0.546. The third-order valence-electron chi connectivity index (χ3n) is 1.88. The number of amides is 1. The van der Waals surface area contributed by atoms with Gasteiger partial charge in [0, 0.05) is 6.54 Å². The standard InChI is InChI=1S/C6H8N4O2/c11-6(12)9-1-2-10-5(3-9)7-4-8-10/h4H,1-3H2,(H,11,12). The molecule has 0 unspecified atom stereocenters. The Labute approximate surface area is 68.4 Å². The van der Waals surface area contributed by atoms with Crippen LogP contribution in [0.1, 0.15) is 5.82 Å².